The molecule has 0 aliphatic carbocycles. The molecule has 0 saturated carbocycles. The maximum atomic E-state index is 11.2. The van der Waals surface area contributed by atoms with Gasteiger partial charge >= 0.3 is 0 Å². The largest absolute Gasteiger partial charge is 0.300 e. The highest BCUT2D eigenvalue weighted by Gasteiger charge is 2.35. The Bertz CT molecular complexity index is 667. The Morgan fingerprint density at radius 3 is 0.568 bits per heavy atom. The van der Waals surface area contributed by atoms with Crippen LogP contribution in [0, 0.1) is 39.4 Å². The number of ketones is 7. The zero-order valence-electron chi connectivity index (χ0n) is 24.8. The molecule has 10 nitrogen and oxygen atoms in total. The van der Waals surface area contributed by atoms with Crippen molar-refractivity contribution in [3.05, 3.63) is 0 Å². The molecule has 0 aliphatic heterocycles. The molecule has 210 valence electrons. The predicted octanol–water partition coefficient (Wildman–Crippen LogP) is 4.87. The summed E-state index contributed by atoms with van der Waals surface area (Å²) in [5.41, 5.74) is -1.07. The van der Waals surface area contributed by atoms with Crippen molar-refractivity contribution in [2.75, 3.05) is 0 Å². The van der Waals surface area contributed by atoms with Crippen molar-refractivity contribution in [2.24, 2.45) is 5.41 Å². The minimum absolute atomic E-state index is 0.0660. The fourth-order valence-electron chi connectivity index (χ4n) is 1.01. The van der Waals surface area contributed by atoms with Crippen LogP contribution >= 0.6 is 0 Å². The molecule has 0 rings (SSSR count). The van der Waals surface area contributed by atoms with Crippen LogP contribution < -0.4 is 0 Å². The van der Waals surface area contributed by atoms with E-state index in [0.29, 0.717) is 0 Å². The van der Waals surface area contributed by atoms with E-state index in [2.05, 4.69) is 0 Å². The fourth-order valence-corrected chi connectivity index (χ4v) is 1.01. The first kappa shape index (κ1) is 50.1. The van der Waals surface area contributed by atoms with Crippen molar-refractivity contribution < 1.29 is 33.6 Å². The zero-order chi connectivity index (χ0) is 31.8. The summed E-state index contributed by atoms with van der Waals surface area (Å²) in [6.07, 6.45) is -0.198. The molecule has 0 amide bonds. The van der Waals surface area contributed by atoms with Crippen molar-refractivity contribution >= 4 is 40.5 Å². The summed E-state index contributed by atoms with van der Waals surface area (Å²) in [6.45, 7) is 19.6. The number of nitriles is 3. The SMILES string of the molecule is CC(=O)C(CC#N)(CC#N)CC#N.CC(C)=O.CC(C)=O.CC(C)=O.CC(C)=O.CC(C)=O.CC(C)=O. The summed E-state index contributed by atoms with van der Waals surface area (Å²) in [4.78, 5) is 67.8. The summed E-state index contributed by atoms with van der Waals surface area (Å²) in [7, 11) is 0. The van der Waals surface area contributed by atoms with E-state index in [1.54, 1.807) is 0 Å². The van der Waals surface area contributed by atoms with Crippen molar-refractivity contribution in [3.8, 4) is 18.2 Å². The molecular formula is C27H45N3O7. The average Bonchev–Trinajstić information content (AvgIpc) is 2.59. The highest BCUT2D eigenvalue weighted by atomic mass is 16.1. The van der Waals surface area contributed by atoms with Gasteiger partial charge in [0.2, 0.25) is 0 Å². The quantitative estimate of drug-likeness (QED) is 0.490. The standard InChI is InChI=1S/C9H9N3O.6C3H6O/c1-8(13)9(2-5-10,3-6-11)4-7-12;6*1-3(2)4/h2-4H2,1H3;6*1-2H3. The lowest BCUT2D eigenvalue weighted by Crippen LogP contribution is -2.28. The van der Waals surface area contributed by atoms with Crippen molar-refractivity contribution in [2.45, 2.75) is 109 Å². The molecule has 0 saturated heterocycles. The molecular weight excluding hydrogens is 478 g/mol. The summed E-state index contributed by atoms with van der Waals surface area (Å²) >= 11 is 0. The van der Waals surface area contributed by atoms with E-state index in [-0.39, 0.29) is 59.7 Å². The monoisotopic (exact) mass is 523 g/mol. The first-order valence-electron chi connectivity index (χ1n) is 11.0. The lowest BCUT2D eigenvalue weighted by molar-refractivity contribution is -0.126. The fraction of sp³-hybridized carbons (Fsp3) is 0.630. The van der Waals surface area contributed by atoms with Gasteiger partial charge in [-0.15, -0.1) is 0 Å². The van der Waals surface area contributed by atoms with Crippen LogP contribution in [0.2, 0.25) is 0 Å². The average molecular weight is 524 g/mol. The highest BCUT2D eigenvalue weighted by Crippen LogP contribution is 2.30. The Morgan fingerprint density at radius 2 is 0.514 bits per heavy atom. The maximum Gasteiger partial charge on any atom is 0.139 e. The van der Waals surface area contributed by atoms with Crippen LogP contribution in [0.1, 0.15) is 109 Å². The van der Waals surface area contributed by atoms with Gasteiger partial charge in [-0.05, 0) is 90.0 Å². The Labute approximate surface area is 223 Å². The molecule has 37 heavy (non-hydrogen) atoms. The molecule has 0 bridgehead atoms. The molecule has 10 heteroatoms. The molecule has 0 spiro atoms. The molecule has 0 atom stereocenters. The Hall–Kier alpha value is -3.84. The van der Waals surface area contributed by atoms with Crippen molar-refractivity contribution in [3.63, 3.8) is 0 Å². The van der Waals surface area contributed by atoms with Gasteiger partial charge in [-0.2, -0.15) is 15.8 Å². The second-order valence-electron chi connectivity index (χ2n) is 8.29. The summed E-state index contributed by atoms with van der Waals surface area (Å²) < 4.78 is 0. The molecule has 0 heterocycles. The minimum Gasteiger partial charge on any atom is -0.300 e. The van der Waals surface area contributed by atoms with Gasteiger partial charge in [-0.3, -0.25) is 4.79 Å². The van der Waals surface area contributed by atoms with Crippen LogP contribution in [0.25, 0.3) is 0 Å². The van der Waals surface area contributed by atoms with Gasteiger partial charge in [-0.25, -0.2) is 0 Å². The molecule has 0 aromatic carbocycles. The van der Waals surface area contributed by atoms with E-state index in [1.165, 1.54) is 90.0 Å². The summed E-state index contributed by atoms with van der Waals surface area (Å²) in [6, 6.07) is 5.51. The summed E-state index contributed by atoms with van der Waals surface area (Å²) in [5, 5.41) is 25.4. The topological polar surface area (TPSA) is 191 Å². The third-order valence-electron chi connectivity index (χ3n) is 2.00. The second-order valence-corrected chi connectivity index (χ2v) is 8.29. The van der Waals surface area contributed by atoms with Gasteiger partial charge in [0.05, 0.1) is 23.6 Å². The van der Waals surface area contributed by atoms with Crippen LogP contribution in [0.5, 0.6) is 0 Å². The van der Waals surface area contributed by atoms with E-state index in [0.717, 1.165) is 0 Å². The predicted molar refractivity (Wildman–Crippen MR) is 142 cm³/mol. The Kier molecular flexibility index (Phi) is 49.7. The lowest BCUT2D eigenvalue weighted by Gasteiger charge is -2.21. The van der Waals surface area contributed by atoms with Crippen molar-refractivity contribution in [1.29, 1.82) is 15.8 Å². The van der Waals surface area contributed by atoms with Gasteiger partial charge in [0, 0.05) is 19.3 Å². The second kappa shape index (κ2) is 36.7. The summed E-state index contributed by atoms with van der Waals surface area (Å²) in [5.74, 6) is 0.733. The molecule has 0 aromatic rings. The molecule has 0 aliphatic rings. The molecule has 0 fully saturated rings. The van der Waals surface area contributed by atoms with Crippen molar-refractivity contribution in [1.82, 2.24) is 0 Å². The number of Topliss-reactive ketones (excluding diaryl/α,β-unsaturated/α-hetero) is 7. The van der Waals surface area contributed by atoms with Crippen LogP contribution in [-0.2, 0) is 33.6 Å². The maximum absolute atomic E-state index is 11.2. The number of hydrogen-bond donors (Lipinski definition) is 0. The van der Waals surface area contributed by atoms with E-state index in [1.807, 2.05) is 18.2 Å². The number of carbonyl (C=O) groups is 7. The number of rotatable bonds is 4. The van der Waals surface area contributed by atoms with E-state index < -0.39 is 5.41 Å². The number of hydrogen-bond acceptors (Lipinski definition) is 10. The number of nitrogens with zero attached hydrogens (tertiary/aromatic N) is 3. The van der Waals surface area contributed by atoms with Gasteiger partial charge in [-0.1, -0.05) is 0 Å². The third-order valence-corrected chi connectivity index (χ3v) is 2.00. The minimum atomic E-state index is -1.07. The smallest absolute Gasteiger partial charge is 0.139 e. The molecule has 0 unspecified atom stereocenters. The molecule has 0 radical (unpaired) electrons. The molecule has 0 aromatic heterocycles. The zero-order valence-corrected chi connectivity index (χ0v) is 24.8. The van der Waals surface area contributed by atoms with E-state index >= 15 is 0 Å². The number of carbonyl (C=O) groups excluding carboxylic acids is 7. The van der Waals surface area contributed by atoms with Crippen LogP contribution in [0.4, 0.5) is 0 Å². The Morgan fingerprint density at radius 1 is 0.405 bits per heavy atom. The highest BCUT2D eigenvalue weighted by molar-refractivity contribution is 5.83. The van der Waals surface area contributed by atoms with Crippen LogP contribution in [-0.4, -0.2) is 40.5 Å². The van der Waals surface area contributed by atoms with Crippen LogP contribution in [0.3, 0.4) is 0 Å². The normalized spacial score (nSPS) is 7.51. The van der Waals surface area contributed by atoms with Gasteiger partial charge < -0.3 is 28.8 Å². The first-order valence-corrected chi connectivity index (χ1v) is 11.0. The lowest BCUT2D eigenvalue weighted by atomic mass is 9.76. The van der Waals surface area contributed by atoms with E-state index in [9.17, 15) is 33.6 Å². The Balaban J connectivity index is -0.0000000627. The van der Waals surface area contributed by atoms with Crippen LogP contribution in [0.15, 0.2) is 0 Å². The molecule has 0 N–H and O–H groups in total. The third kappa shape index (κ3) is 146. The van der Waals surface area contributed by atoms with Gasteiger partial charge in [0.1, 0.15) is 40.5 Å². The first-order chi connectivity index (χ1) is 16.5. The van der Waals surface area contributed by atoms with Gasteiger partial charge in [0.15, 0.2) is 0 Å². The van der Waals surface area contributed by atoms with E-state index in [4.69, 9.17) is 15.8 Å². The van der Waals surface area contributed by atoms with Gasteiger partial charge in [0.25, 0.3) is 0 Å².